The van der Waals surface area contributed by atoms with Gasteiger partial charge in [0.15, 0.2) is 0 Å². The minimum absolute atomic E-state index is 0. The Labute approximate surface area is 115 Å². The summed E-state index contributed by atoms with van der Waals surface area (Å²) in [5.74, 6) is 0.448. The molecule has 0 spiro atoms. The minimum Gasteiger partial charge on any atom is -0.736 e. The predicted octanol–water partition coefficient (Wildman–Crippen LogP) is 2.61. The van der Waals surface area contributed by atoms with Crippen LogP contribution in [0.1, 0.15) is 0 Å². The fraction of sp³-hybridized carbons (Fsp3) is 0. The van der Waals surface area contributed by atoms with E-state index in [1.165, 1.54) is 0 Å². The van der Waals surface area contributed by atoms with Gasteiger partial charge in [0.25, 0.3) is 0 Å². The summed E-state index contributed by atoms with van der Waals surface area (Å²) in [4.78, 5) is 11.6. The largest absolute Gasteiger partial charge is 2.00 e. The molecule has 2 aromatic rings. The van der Waals surface area contributed by atoms with Gasteiger partial charge < -0.3 is 13.9 Å². The summed E-state index contributed by atoms with van der Waals surface area (Å²) in [6.07, 6.45) is 0. The van der Waals surface area contributed by atoms with Crippen LogP contribution in [0.15, 0.2) is 60.7 Å². The first-order valence-corrected chi connectivity index (χ1v) is 6.42. The van der Waals surface area contributed by atoms with E-state index in [9.17, 15) is 9.46 Å². The molecular formula is C12H10CoO4P+. The molecule has 0 aromatic heterocycles. The fourth-order valence-corrected chi connectivity index (χ4v) is 2.04. The van der Waals surface area contributed by atoms with Gasteiger partial charge in [0, 0.05) is 0 Å². The first-order chi connectivity index (χ1) is 8.16. The van der Waals surface area contributed by atoms with E-state index in [1.807, 2.05) is 0 Å². The smallest absolute Gasteiger partial charge is 0.736 e. The zero-order valence-corrected chi connectivity index (χ0v) is 11.1. The van der Waals surface area contributed by atoms with Gasteiger partial charge in [-0.3, -0.25) is 0 Å². The zero-order valence-electron chi connectivity index (χ0n) is 9.19. The minimum atomic E-state index is -4.39. The van der Waals surface area contributed by atoms with Crippen LogP contribution in [0, 0.1) is 0 Å². The van der Waals surface area contributed by atoms with Gasteiger partial charge in [0.05, 0.1) is 0 Å². The quantitative estimate of drug-likeness (QED) is 0.815. The molecular weight excluding hydrogens is 298 g/mol. The molecule has 0 fully saturated rings. The van der Waals surface area contributed by atoms with Gasteiger partial charge in [0.2, 0.25) is 0 Å². The van der Waals surface area contributed by atoms with Crippen molar-refractivity contribution < 1.29 is 35.3 Å². The number of benzene rings is 2. The molecule has 0 bridgehead atoms. The van der Waals surface area contributed by atoms with Crippen LogP contribution in [0.4, 0.5) is 0 Å². The van der Waals surface area contributed by atoms with Crippen LogP contribution >= 0.6 is 7.82 Å². The standard InChI is InChI=1S/C12H11O4P.Co/c13-17(14,15-11-7-3-1-4-8-11)16-12-9-5-2-6-10-12;/h1-10H,(H,13,14);/q;+2/p-1. The van der Waals surface area contributed by atoms with Crippen LogP contribution in [-0.2, 0) is 21.3 Å². The summed E-state index contributed by atoms with van der Waals surface area (Å²) in [6.45, 7) is 0. The van der Waals surface area contributed by atoms with Crippen molar-refractivity contribution in [3.8, 4) is 11.5 Å². The van der Waals surface area contributed by atoms with Crippen molar-refractivity contribution >= 4 is 7.82 Å². The number of hydrogen-bond acceptors (Lipinski definition) is 4. The number of rotatable bonds is 4. The SMILES string of the molecule is O=P([O-])(Oc1ccccc1)Oc1ccccc1.[Co+2]. The molecule has 0 amide bonds. The second-order valence-corrected chi connectivity index (χ2v) is 4.52. The van der Waals surface area contributed by atoms with E-state index in [0.717, 1.165) is 0 Å². The van der Waals surface area contributed by atoms with Gasteiger partial charge in [-0.25, -0.2) is 4.57 Å². The van der Waals surface area contributed by atoms with Crippen molar-refractivity contribution in [3.05, 3.63) is 60.7 Å². The number of hydrogen-bond donors (Lipinski definition) is 0. The number of phosphoric ester groups is 1. The Kier molecular flexibility index (Phi) is 5.43. The third-order valence-corrected chi connectivity index (χ3v) is 2.79. The molecule has 0 saturated carbocycles. The van der Waals surface area contributed by atoms with Crippen molar-refractivity contribution in [1.82, 2.24) is 0 Å². The first-order valence-electron chi connectivity index (χ1n) is 4.96. The van der Waals surface area contributed by atoms with E-state index in [1.54, 1.807) is 60.7 Å². The van der Waals surface area contributed by atoms with E-state index >= 15 is 0 Å². The molecule has 18 heavy (non-hydrogen) atoms. The summed E-state index contributed by atoms with van der Waals surface area (Å²) in [5, 5.41) is 0. The molecule has 1 radical (unpaired) electrons. The molecule has 0 atom stereocenters. The van der Waals surface area contributed by atoms with Crippen molar-refractivity contribution in [2.24, 2.45) is 0 Å². The molecule has 2 rings (SSSR count). The number of phosphoric acid groups is 1. The van der Waals surface area contributed by atoms with Crippen LogP contribution in [0.5, 0.6) is 11.5 Å². The van der Waals surface area contributed by atoms with E-state index in [0.29, 0.717) is 0 Å². The molecule has 0 aliphatic heterocycles. The Morgan fingerprint density at radius 3 is 1.44 bits per heavy atom. The van der Waals surface area contributed by atoms with Gasteiger partial charge in [-0.1, -0.05) is 36.4 Å². The van der Waals surface area contributed by atoms with Gasteiger partial charge >= 0.3 is 24.6 Å². The summed E-state index contributed by atoms with van der Waals surface area (Å²) in [7, 11) is -4.39. The second kappa shape index (κ2) is 6.61. The Bertz CT molecular complexity index is 473. The average molecular weight is 308 g/mol. The molecule has 2 aromatic carbocycles. The van der Waals surface area contributed by atoms with Gasteiger partial charge in [0.1, 0.15) is 11.5 Å². The summed E-state index contributed by atoms with van der Waals surface area (Å²) in [5.41, 5.74) is 0. The van der Waals surface area contributed by atoms with Gasteiger partial charge in [-0.05, 0) is 24.3 Å². The van der Waals surface area contributed by atoms with Crippen molar-refractivity contribution in [2.75, 3.05) is 0 Å². The van der Waals surface area contributed by atoms with Gasteiger partial charge in [-0.2, -0.15) is 0 Å². The molecule has 0 aliphatic carbocycles. The van der Waals surface area contributed by atoms with Crippen LogP contribution in [0.25, 0.3) is 0 Å². The van der Waals surface area contributed by atoms with Crippen molar-refractivity contribution in [3.63, 3.8) is 0 Å². The van der Waals surface area contributed by atoms with Crippen LogP contribution in [0.3, 0.4) is 0 Å². The summed E-state index contributed by atoms with van der Waals surface area (Å²) in [6, 6.07) is 16.4. The molecule has 0 unspecified atom stereocenters. The third-order valence-electron chi connectivity index (χ3n) is 1.92. The average Bonchev–Trinajstić information content (AvgIpc) is 2.30. The molecule has 95 valence electrons. The van der Waals surface area contributed by atoms with Crippen molar-refractivity contribution in [2.45, 2.75) is 0 Å². The third kappa shape index (κ3) is 4.54. The zero-order chi connectivity index (χ0) is 12.1. The first kappa shape index (κ1) is 14.8. The molecule has 0 aliphatic rings. The molecule has 4 nitrogen and oxygen atoms in total. The summed E-state index contributed by atoms with van der Waals surface area (Å²) < 4.78 is 21.1. The normalized spacial score (nSPS) is 10.3. The number of para-hydroxylation sites is 2. The van der Waals surface area contributed by atoms with Gasteiger partial charge in [-0.15, -0.1) is 0 Å². The van der Waals surface area contributed by atoms with Crippen LogP contribution < -0.4 is 13.9 Å². The predicted molar refractivity (Wildman–Crippen MR) is 61.7 cm³/mol. The maximum Gasteiger partial charge on any atom is 2.00 e. The van der Waals surface area contributed by atoms with E-state index in [4.69, 9.17) is 9.05 Å². The van der Waals surface area contributed by atoms with Crippen LogP contribution in [-0.4, -0.2) is 0 Å². The fourth-order valence-electron chi connectivity index (χ4n) is 1.24. The maximum atomic E-state index is 11.6. The molecule has 6 heteroatoms. The Morgan fingerprint density at radius 1 is 0.778 bits per heavy atom. The second-order valence-electron chi connectivity index (χ2n) is 3.26. The summed E-state index contributed by atoms with van der Waals surface area (Å²) >= 11 is 0. The van der Waals surface area contributed by atoms with Crippen molar-refractivity contribution in [1.29, 1.82) is 0 Å². The van der Waals surface area contributed by atoms with E-state index in [2.05, 4.69) is 0 Å². The molecule has 0 saturated heterocycles. The van der Waals surface area contributed by atoms with E-state index in [-0.39, 0.29) is 28.3 Å². The monoisotopic (exact) mass is 308 g/mol. The molecule has 0 N–H and O–H groups in total. The Balaban J connectivity index is 0.00000162. The van der Waals surface area contributed by atoms with Crippen LogP contribution in [0.2, 0.25) is 0 Å². The van der Waals surface area contributed by atoms with E-state index < -0.39 is 7.82 Å². The topological polar surface area (TPSA) is 58.6 Å². The Hall–Kier alpha value is -1.26. The molecule has 0 heterocycles. The Morgan fingerprint density at radius 2 is 1.11 bits per heavy atom. The maximum absolute atomic E-state index is 11.6.